The predicted molar refractivity (Wildman–Crippen MR) is 239 cm³/mol. The fourth-order valence-corrected chi connectivity index (χ4v) is 7.02. The number of aromatic nitrogens is 1. The van der Waals surface area contributed by atoms with E-state index in [1.807, 2.05) is 12.1 Å². The van der Waals surface area contributed by atoms with Crippen LogP contribution in [0.25, 0.3) is 21.8 Å². The number of fused-ring (bicyclic) bond motifs is 3. The number of rotatable bonds is 4. The Kier molecular flexibility index (Phi) is 12.1. The van der Waals surface area contributed by atoms with Crippen LogP contribution in [0, 0.1) is 6.67 Å². The first-order valence-electron chi connectivity index (χ1n) is 19.8. The first-order chi connectivity index (χ1) is 25.5. The van der Waals surface area contributed by atoms with E-state index in [0.717, 1.165) is 28.2 Å². The predicted octanol–water partition coefficient (Wildman–Crippen LogP) is 13.6. The summed E-state index contributed by atoms with van der Waals surface area (Å²) in [6.07, 6.45) is 0. The van der Waals surface area contributed by atoms with Crippen molar-refractivity contribution >= 4 is 39.0 Å². The summed E-state index contributed by atoms with van der Waals surface area (Å²) in [5.41, 5.74) is 10.7. The van der Waals surface area contributed by atoms with Gasteiger partial charge in [0.2, 0.25) is 0 Å². The van der Waals surface area contributed by atoms with E-state index in [1.54, 1.807) is 0 Å². The molecule has 0 saturated heterocycles. The van der Waals surface area contributed by atoms with Gasteiger partial charge in [0.05, 0.1) is 0 Å². The minimum absolute atomic E-state index is 0. The van der Waals surface area contributed by atoms with Gasteiger partial charge in [0.15, 0.2) is 0 Å². The van der Waals surface area contributed by atoms with E-state index in [9.17, 15) is 0 Å². The van der Waals surface area contributed by atoms with Gasteiger partial charge in [0.1, 0.15) is 5.84 Å². The molecule has 0 N–H and O–H groups in total. The first-order valence-corrected chi connectivity index (χ1v) is 19.8. The normalized spacial score (nSPS) is 14.1. The van der Waals surface area contributed by atoms with Crippen molar-refractivity contribution in [2.75, 3.05) is 9.91 Å². The van der Waals surface area contributed by atoms with Crippen LogP contribution >= 0.6 is 0 Å². The molecule has 6 aromatic rings. The van der Waals surface area contributed by atoms with E-state index in [2.05, 4.69) is 222 Å². The number of hydrazone groups is 1. The Balaban J connectivity index is 0.000000356. The van der Waals surface area contributed by atoms with Gasteiger partial charge < -0.3 is 14.9 Å². The second kappa shape index (κ2) is 15.7. The number of benzene rings is 5. The molecule has 0 bridgehead atoms. The average molecular weight is 928 g/mol. The Labute approximate surface area is 353 Å². The van der Waals surface area contributed by atoms with E-state index < -0.39 is 0 Å². The summed E-state index contributed by atoms with van der Waals surface area (Å²) in [5.74, 6) is 1.01. The van der Waals surface area contributed by atoms with Crippen LogP contribution in [-0.2, 0) is 49.5 Å². The fourth-order valence-electron chi connectivity index (χ4n) is 7.02. The van der Waals surface area contributed by atoms with Crippen molar-refractivity contribution in [3.8, 4) is 0 Å². The number of hydrogen-bond acceptors (Lipinski definition) is 3. The van der Waals surface area contributed by atoms with Gasteiger partial charge in [-0.2, -0.15) is 5.10 Å². The molecule has 0 aliphatic carbocycles. The quantitative estimate of drug-likeness (QED) is 0.130. The molecule has 0 unspecified atom stereocenters. The van der Waals surface area contributed by atoms with Gasteiger partial charge in [-0.25, -0.2) is 0 Å². The number of para-hydroxylation sites is 2. The zero-order valence-corrected chi connectivity index (χ0v) is 38.3. The molecule has 1 aromatic heterocycles. The number of anilines is 2. The van der Waals surface area contributed by atoms with Gasteiger partial charge in [-0.1, -0.05) is 174 Å². The van der Waals surface area contributed by atoms with Crippen LogP contribution in [0.15, 0.2) is 120 Å². The van der Waals surface area contributed by atoms with E-state index in [4.69, 9.17) is 5.10 Å². The van der Waals surface area contributed by atoms with Crippen molar-refractivity contribution in [1.82, 2.24) is 4.98 Å². The molecule has 7 rings (SSSR count). The monoisotopic (exact) mass is 927 g/mol. The van der Waals surface area contributed by atoms with E-state index >= 15 is 0 Å². The van der Waals surface area contributed by atoms with Gasteiger partial charge >= 0.3 is 0 Å². The van der Waals surface area contributed by atoms with Crippen LogP contribution in [0.3, 0.4) is 0 Å². The summed E-state index contributed by atoms with van der Waals surface area (Å²) in [4.78, 5) is 6.85. The molecule has 4 nitrogen and oxygen atoms in total. The van der Waals surface area contributed by atoms with Crippen molar-refractivity contribution < 1.29 is 22.4 Å². The zero-order chi connectivity index (χ0) is 40.1. The van der Waals surface area contributed by atoms with Crippen LogP contribution in [-0.4, -0.2) is 5.84 Å². The first kappa shape index (κ1) is 43.0. The maximum Gasteiger partial charge on any atom is 0.109 e. The van der Waals surface area contributed by atoms with Gasteiger partial charge in [-0.15, -0.1) is 17.7 Å². The van der Waals surface area contributed by atoms with E-state index in [1.165, 1.54) is 38.6 Å². The molecule has 2 heterocycles. The number of amidine groups is 1. The molecule has 0 atom stereocenters. The van der Waals surface area contributed by atoms with Gasteiger partial charge in [0.25, 0.3) is 0 Å². The minimum atomic E-state index is -0.333. The third-order valence-corrected chi connectivity index (χ3v) is 10.9. The maximum atomic E-state index is 5.41. The topological polar surface area (TPSA) is 32.9 Å². The minimum Gasteiger partial charge on any atom is -0.657 e. The van der Waals surface area contributed by atoms with Crippen LogP contribution < -0.4 is 14.9 Å². The van der Waals surface area contributed by atoms with Crippen molar-refractivity contribution in [3.63, 3.8) is 0 Å². The molecule has 0 spiro atoms. The van der Waals surface area contributed by atoms with Crippen LogP contribution in [0.2, 0.25) is 0 Å². The fraction of sp³-hybridized carbons (Fsp3) is 0.373. The largest absolute Gasteiger partial charge is 0.657 e. The van der Waals surface area contributed by atoms with Crippen LogP contribution in [0.5, 0.6) is 0 Å². The van der Waals surface area contributed by atoms with Crippen LogP contribution in [0.1, 0.15) is 125 Å². The third kappa shape index (κ3) is 9.20. The SMILES string of the molecule is CC(C)(C)c1cc(N2[CH-]N(c3cc(C(C)(C)C)cc(C(C)(C)C)c3)C(C(C)(C)c3ccccc3)=N2)cc(C(C)(C)C)c1.[Au].c1ccc2c(c1)[n-]c1ccccc12. The summed E-state index contributed by atoms with van der Waals surface area (Å²) in [5, 5.41) is 10.0. The van der Waals surface area contributed by atoms with Crippen molar-refractivity contribution in [3.05, 3.63) is 150 Å². The smallest absolute Gasteiger partial charge is 0.109 e. The van der Waals surface area contributed by atoms with Crippen LogP contribution in [0.4, 0.5) is 11.4 Å². The second-order valence-corrected chi connectivity index (χ2v) is 19.9. The molecular weight excluding hydrogens is 866 g/mol. The summed E-state index contributed by atoms with van der Waals surface area (Å²) >= 11 is 0. The Hall–Kier alpha value is -4.09. The molecule has 1 aliphatic heterocycles. The Morgan fingerprint density at radius 1 is 0.446 bits per heavy atom. The molecule has 1 aliphatic rings. The molecule has 1 radical (unpaired) electrons. The Bertz CT molecular complexity index is 2200. The zero-order valence-electron chi connectivity index (χ0n) is 36.1. The maximum absolute atomic E-state index is 5.41. The summed E-state index contributed by atoms with van der Waals surface area (Å²) in [6, 6.07) is 41.4. The van der Waals surface area contributed by atoms with Gasteiger partial charge in [-0.3, -0.25) is 0 Å². The van der Waals surface area contributed by atoms with Crippen molar-refractivity contribution in [2.24, 2.45) is 5.10 Å². The summed E-state index contributed by atoms with van der Waals surface area (Å²) < 4.78 is 0. The van der Waals surface area contributed by atoms with E-state index in [-0.39, 0.29) is 49.5 Å². The molecular formula is C51H62AuN4-2. The van der Waals surface area contributed by atoms with E-state index in [0.29, 0.717) is 0 Å². The van der Waals surface area contributed by atoms with Crippen molar-refractivity contribution in [1.29, 1.82) is 0 Å². The van der Waals surface area contributed by atoms with Gasteiger partial charge in [0, 0.05) is 39.2 Å². The molecule has 0 amide bonds. The molecule has 0 fully saturated rings. The number of nitrogens with zero attached hydrogens (tertiary/aromatic N) is 4. The summed E-state index contributed by atoms with van der Waals surface area (Å²) in [7, 11) is 0. The standard InChI is InChI=1S/C39H54N3.C12H8N.Au/c1-35(2,3)28-20-29(36(4,5)6)23-32(22-28)41-26-42(40-34(41)39(13,14)27-18-16-15-17-19-27)33-24-30(37(7,8)9)21-31(25-33)38(10,11)12;1-3-7-11-9(5-1)10-6-2-4-8-12(10)13-11;/h15-26H,1-14H3;1-8H;/q2*-1;. The molecule has 299 valence electrons. The average Bonchev–Trinajstić information content (AvgIpc) is 3.74. The summed E-state index contributed by atoms with van der Waals surface area (Å²) in [6.45, 7) is 34.3. The molecule has 5 aromatic carbocycles. The Morgan fingerprint density at radius 2 is 0.821 bits per heavy atom. The number of hydrogen-bond donors (Lipinski definition) is 0. The third-order valence-electron chi connectivity index (χ3n) is 10.9. The molecule has 0 saturated carbocycles. The molecule has 5 heteroatoms. The second-order valence-electron chi connectivity index (χ2n) is 19.9. The Morgan fingerprint density at radius 3 is 1.23 bits per heavy atom. The van der Waals surface area contributed by atoms with Gasteiger partial charge in [-0.05, 0) is 98.4 Å². The van der Waals surface area contributed by atoms with Crippen molar-refractivity contribution in [2.45, 2.75) is 124 Å². The molecule has 56 heavy (non-hydrogen) atoms.